The number of rotatable bonds is 8. The number of anilines is 1. The van der Waals surface area contributed by atoms with Crippen molar-refractivity contribution in [3.8, 4) is 11.5 Å². The molecule has 7 nitrogen and oxygen atoms in total. The molecule has 0 saturated carbocycles. The van der Waals surface area contributed by atoms with Crippen LogP contribution in [0.4, 0.5) is 5.69 Å². The second kappa shape index (κ2) is 10.2. The Balaban J connectivity index is 1.59. The van der Waals surface area contributed by atoms with Gasteiger partial charge in [-0.1, -0.05) is 54.6 Å². The minimum atomic E-state index is -1.02. The van der Waals surface area contributed by atoms with Crippen molar-refractivity contribution in [1.29, 1.82) is 0 Å². The lowest BCUT2D eigenvalue weighted by atomic mass is 10.0. The lowest BCUT2D eigenvalue weighted by Crippen LogP contribution is -2.54. The summed E-state index contributed by atoms with van der Waals surface area (Å²) in [7, 11) is 1.60. The maximum Gasteiger partial charge on any atom is 0.321 e. The summed E-state index contributed by atoms with van der Waals surface area (Å²) in [5.74, 6) is 0.0539. The van der Waals surface area contributed by atoms with Crippen molar-refractivity contribution < 1.29 is 24.2 Å². The first-order valence-corrected chi connectivity index (χ1v) is 10.7. The third-order valence-electron chi connectivity index (χ3n) is 5.61. The third-order valence-corrected chi connectivity index (χ3v) is 5.61. The fourth-order valence-electron chi connectivity index (χ4n) is 3.86. The average Bonchev–Trinajstić information content (AvgIpc) is 2.97. The van der Waals surface area contributed by atoms with Gasteiger partial charge in [0.1, 0.15) is 30.2 Å². The van der Waals surface area contributed by atoms with E-state index in [0.29, 0.717) is 18.0 Å². The first kappa shape index (κ1) is 22.4. The van der Waals surface area contributed by atoms with E-state index >= 15 is 0 Å². The summed E-state index contributed by atoms with van der Waals surface area (Å²) in [5, 5.41) is 12.8. The second-order valence-corrected chi connectivity index (χ2v) is 7.85. The van der Waals surface area contributed by atoms with Crippen molar-refractivity contribution in [2.75, 3.05) is 18.6 Å². The van der Waals surface area contributed by atoms with Gasteiger partial charge in [0, 0.05) is 0 Å². The topological polar surface area (TPSA) is 88.1 Å². The first-order valence-electron chi connectivity index (χ1n) is 10.7. The number of carbonyl (C=O) groups is 2. The standard InChI is InChI=1S/C26H26N2O5/c1-32-20-13-11-19(12-14-20)16-28-23-9-5-6-10-24(23)33-17-22(25(28)29)27-21(26(30)31)15-18-7-3-2-4-8-18/h2-14,21-22,27H,15-17H2,1H3,(H,30,31)/t21-,22?/m0/s1. The predicted molar refractivity (Wildman–Crippen MR) is 125 cm³/mol. The molecule has 3 aromatic rings. The van der Waals surface area contributed by atoms with Gasteiger partial charge < -0.3 is 19.5 Å². The molecule has 0 spiro atoms. The number of carboxylic acid groups (broad SMARTS) is 1. The van der Waals surface area contributed by atoms with E-state index in [2.05, 4.69) is 5.32 Å². The third kappa shape index (κ3) is 5.32. The Morgan fingerprint density at radius 2 is 1.76 bits per heavy atom. The molecule has 4 rings (SSSR count). The Hall–Kier alpha value is -3.84. The fraction of sp³-hybridized carbons (Fsp3) is 0.231. The fourth-order valence-corrected chi connectivity index (χ4v) is 3.86. The van der Waals surface area contributed by atoms with Crippen LogP contribution >= 0.6 is 0 Å². The number of nitrogens with one attached hydrogen (secondary N) is 1. The van der Waals surface area contributed by atoms with E-state index in [1.54, 1.807) is 12.0 Å². The summed E-state index contributed by atoms with van der Waals surface area (Å²) < 4.78 is 11.2. The van der Waals surface area contributed by atoms with Crippen LogP contribution in [-0.2, 0) is 22.6 Å². The number of aliphatic carboxylic acids is 1. The van der Waals surface area contributed by atoms with E-state index < -0.39 is 18.1 Å². The molecule has 2 atom stereocenters. The molecule has 0 bridgehead atoms. The monoisotopic (exact) mass is 446 g/mol. The van der Waals surface area contributed by atoms with Gasteiger partial charge in [0.2, 0.25) is 5.91 Å². The van der Waals surface area contributed by atoms with Gasteiger partial charge in [-0.3, -0.25) is 14.9 Å². The van der Waals surface area contributed by atoms with E-state index in [4.69, 9.17) is 9.47 Å². The zero-order valence-electron chi connectivity index (χ0n) is 18.3. The van der Waals surface area contributed by atoms with Crippen LogP contribution in [0.5, 0.6) is 11.5 Å². The SMILES string of the molecule is COc1ccc(CN2C(=O)C(N[C@@H](Cc3ccccc3)C(=O)O)COc3ccccc32)cc1. The molecule has 1 aliphatic rings. The van der Waals surface area contributed by atoms with Gasteiger partial charge in [0.05, 0.1) is 19.3 Å². The molecule has 1 unspecified atom stereocenters. The smallest absolute Gasteiger partial charge is 0.321 e. The van der Waals surface area contributed by atoms with Gasteiger partial charge in [-0.25, -0.2) is 0 Å². The molecule has 2 N–H and O–H groups in total. The van der Waals surface area contributed by atoms with Crippen LogP contribution in [-0.4, -0.2) is 42.8 Å². The van der Waals surface area contributed by atoms with E-state index in [0.717, 1.165) is 16.9 Å². The highest BCUT2D eigenvalue weighted by atomic mass is 16.5. The number of methoxy groups -OCH3 is 1. The van der Waals surface area contributed by atoms with Crippen LogP contribution in [0.1, 0.15) is 11.1 Å². The maximum absolute atomic E-state index is 13.6. The van der Waals surface area contributed by atoms with Crippen molar-refractivity contribution in [2.24, 2.45) is 0 Å². The van der Waals surface area contributed by atoms with Crippen LogP contribution in [0.3, 0.4) is 0 Å². The Morgan fingerprint density at radius 3 is 2.45 bits per heavy atom. The van der Waals surface area contributed by atoms with Crippen molar-refractivity contribution in [3.63, 3.8) is 0 Å². The molecule has 1 aliphatic heterocycles. The number of carbonyl (C=O) groups excluding carboxylic acids is 1. The molecule has 3 aromatic carbocycles. The Morgan fingerprint density at radius 1 is 1.06 bits per heavy atom. The summed E-state index contributed by atoms with van der Waals surface area (Å²) in [4.78, 5) is 27.2. The number of fused-ring (bicyclic) bond motifs is 1. The van der Waals surface area contributed by atoms with Crippen LogP contribution in [0, 0.1) is 0 Å². The molecule has 0 fully saturated rings. The van der Waals surface area contributed by atoms with Crippen molar-refractivity contribution in [3.05, 3.63) is 90.0 Å². The van der Waals surface area contributed by atoms with E-state index in [-0.39, 0.29) is 18.9 Å². The minimum Gasteiger partial charge on any atom is -0.497 e. The molecular weight excluding hydrogens is 420 g/mol. The van der Waals surface area contributed by atoms with Crippen molar-refractivity contribution in [2.45, 2.75) is 25.0 Å². The first-order chi connectivity index (χ1) is 16.0. The van der Waals surface area contributed by atoms with Gasteiger partial charge in [-0.05, 0) is 41.8 Å². The molecular formula is C26H26N2O5. The van der Waals surface area contributed by atoms with Crippen molar-refractivity contribution in [1.82, 2.24) is 5.32 Å². The number of hydrogen-bond donors (Lipinski definition) is 2. The largest absolute Gasteiger partial charge is 0.497 e. The number of para-hydroxylation sites is 2. The van der Waals surface area contributed by atoms with Gasteiger partial charge in [0.15, 0.2) is 0 Å². The number of carboxylic acids is 1. The number of nitrogens with zero attached hydrogens (tertiary/aromatic N) is 1. The molecule has 0 radical (unpaired) electrons. The normalized spacial score (nSPS) is 16.3. The Bertz CT molecular complexity index is 1100. The summed E-state index contributed by atoms with van der Waals surface area (Å²) in [5.41, 5.74) is 2.44. The molecule has 33 heavy (non-hydrogen) atoms. The summed E-state index contributed by atoms with van der Waals surface area (Å²) >= 11 is 0. The van der Waals surface area contributed by atoms with Gasteiger partial charge in [-0.2, -0.15) is 0 Å². The quantitative estimate of drug-likeness (QED) is 0.552. The predicted octanol–water partition coefficient (Wildman–Crippen LogP) is 3.27. The van der Waals surface area contributed by atoms with Gasteiger partial charge in [0.25, 0.3) is 0 Å². The van der Waals surface area contributed by atoms with E-state index in [1.165, 1.54) is 0 Å². The lowest BCUT2D eigenvalue weighted by molar-refractivity contribution is -0.140. The molecule has 0 aliphatic carbocycles. The molecule has 170 valence electrons. The average molecular weight is 447 g/mol. The van der Waals surface area contributed by atoms with Gasteiger partial charge >= 0.3 is 5.97 Å². The molecule has 7 heteroatoms. The molecule has 0 aromatic heterocycles. The minimum absolute atomic E-state index is 0.0352. The number of benzene rings is 3. The van der Waals surface area contributed by atoms with Gasteiger partial charge in [-0.15, -0.1) is 0 Å². The van der Waals surface area contributed by atoms with Crippen molar-refractivity contribution >= 4 is 17.6 Å². The van der Waals surface area contributed by atoms with Crippen LogP contribution in [0.2, 0.25) is 0 Å². The number of amides is 1. The zero-order valence-corrected chi connectivity index (χ0v) is 18.3. The van der Waals surface area contributed by atoms with Crippen LogP contribution in [0.25, 0.3) is 0 Å². The molecule has 0 saturated heterocycles. The summed E-state index contributed by atoms with van der Waals surface area (Å²) in [6, 6.07) is 22.4. The maximum atomic E-state index is 13.6. The zero-order chi connectivity index (χ0) is 23.2. The Kier molecular flexibility index (Phi) is 6.90. The highest BCUT2D eigenvalue weighted by Crippen LogP contribution is 2.32. The summed E-state index contributed by atoms with van der Waals surface area (Å²) in [6.07, 6.45) is 0.255. The van der Waals surface area contributed by atoms with E-state index in [9.17, 15) is 14.7 Å². The number of hydrogen-bond acceptors (Lipinski definition) is 5. The Labute approximate surface area is 192 Å². The number of ether oxygens (including phenoxy) is 2. The second-order valence-electron chi connectivity index (χ2n) is 7.85. The molecule has 1 heterocycles. The lowest BCUT2D eigenvalue weighted by Gasteiger charge is -2.27. The highest BCUT2D eigenvalue weighted by molar-refractivity contribution is 5.99. The van der Waals surface area contributed by atoms with E-state index in [1.807, 2.05) is 78.9 Å². The van der Waals surface area contributed by atoms with Crippen LogP contribution in [0.15, 0.2) is 78.9 Å². The molecule has 1 amide bonds. The highest BCUT2D eigenvalue weighted by Gasteiger charge is 2.34. The van der Waals surface area contributed by atoms with Crippen LogP contribution < -0.4 is 19.7 Å². The summed E-state index contributed by atoms with van der Waals surface area (Å²) in [6.45, 7) is 0.353.